The van der Waals surface area contributed by atoms with Gasteiger partial charge >= 0.3 is 12.1 Å². The lowest BCUT2D eigenvalue weighted by Crippen LogP contribution is -2.24. The molecular weight excluding hydrogens is 320 g/mol. The number of pyridine rings is 2. The Bertz CT molecular complexity index is 801. The molecule has 2 heterocycles. The fraction of sp³-hybridized carbons (Fsp3) is 0.182. The molecule has 1 N–H and O–H groups in total. The van der Waals surface area contributed by atoms with Crippen LogP contribution in [-0.2, 0) is 6.54 Å². The summed E-state index contributed by atoms with van der Waals surface area (Å²) in [6.07, 6.45) is -4.19. The molecule has 0 saturated heterocycles. The fourth-order valence-electron chi connectivity index (χ4n) is 1.73. The number of hydrogen-bond acceptors (Lipinski definition) is 3. The topological polar surface area (TPSA) is 72.2 Å². The maximum absolute atomic E-state index is 13.3. The predicted molar refractivity (Wildman–Crippen MR) is 64.0 cm³/mol. The van der Waals surface area contributed by atoms with Crippen LogP contribution in [0.25, 0.3) is 11.0 Å². The lowest BCUT2D eigenvalue weighted by atomic mass is 10.2. The second-order valence-corrected chi connectivity index (χ2v) is 4.41. The first kappa shape index (κ1) is 15.2. The third-order valence-corrected chi connectivity index (χ3v) is 2.80. The van der Waals surface area contributed by atoms with Crippen molar-refractivity contribution < 1.29 is 27.5 Å². The normalized spacial score (nSPS) is 11.9. The van der Waals surface area contributed by atoms with E-state index >= 15 is 0 Å². The van der Waals surface area contributed by atoms with Crippen molar-refractivity contribution in [2.45, 2.75) is 12.7 Å². The standard InChI is InChI=1S/C11H5ClF4N2O3/c12-8-6(13)1-4-7(19)5(10(20)21)2-18(9(4)17-8)3-11(14,15)16/h1-2H,3H2,(H,20,21). The molecule has 0 unspecified atom stereocenters. The van der Waals surface area contributed by atoms with Crippen molar-refractivity contribution in [3.8, 4) is 0 Å². The maximum Gasteiger partial charge on any atom is 0.406 e. The van der Waals surface area contributed by atoms with E-state index in [2.05, 4.69) is 4.98 Å². The molecule has 0 fully saturated rings. The Kier molecular flexibility index (Phi) is 3.62. The van der Waals surface area contributed by atoms with Crippen LogP contribution in [0.3, 0.4) is 0 Å². The SMILES string of the molecule is O=C(O)c1cn(CC(F)(F)F)c2nc(Cl)c(F)cc2c1=O. The Morgan fingerprint density at radius 2 is 2.05 bits per heavy atom. The van der Waals surface area contributed by atoms with Gasteiger partial charge in [-0.25, -0.2) is 14.2 Å². The van der Waals surface area contributed by atoms with Gasteiger partial charge in [0.2, 0.25) is 5.43 Å². The highest BCUT2D eigenvalue weighted by atomic mass is 35.5. The second kappa shape index (κ2) is 4.99. The number of carboxylic acid groups (broad SMARTS) is 1. The molecule has 0 spiro atoms. The average Bonchev–Trinajstić information content (AvgIpc) is 2.33. The second-order valence-electron chi connectivity index (χ2n) is 4.05. The van der Waals surface area contributed by atoms with Gasteiger partial charge in [-0.1, -0.05) is 11.6 Å². The Hall–Kier alpha value is -2.16. The third-order valence-electron chi connectivity index (χ3n) is 2.54. The number of carbonyl (C=O) groups is 1. The lowest BCUT2D eigenvalue weighted by Gasteiger charge is -2.13. The first-order valence-electron chi connectivity index (χ1n) is 5.29. The van der Waals surface area contributed by atoms with Crippen LogP contribution in [-0.4, -0.2) is 26.8 Å². The van der Waals surface area contributed by atoms with Crippen molar-refractivity contribution in [3.05, 3.63) is 39.0 Å². The van der Waals surface area contributed by atoms with Gasteiger partial charge in [0.25, 0.3) is 0 Å². The molecule has 5 nitrogen and oxygen atoms in total. The quantitative estimate of drug-likeness (QED) is 0.680. The summed E-state index contributed by atoms with van der Waals surface area (Å²) in [5.41, 5.74) is -2.61. The van der Waals surface area contributed by atoms with Crippen molar-refractivity contribution in [2.75, 3.05) is 0 Å². The van der Waals surface area contributed by atoms with Gasteiger partial charge in [-0.05, 0) is 6.07 Å². The van der Waals surface area contributed by atoms with Gasteiger partial charge in [0.1, 0.15) is 17.8 Å². The van der Waals surface area contributed by atoms with Gasteiger partial charge in [-0.2, -0.15) is 13.2 Å². The van der Waals surface area contributed by atoms with Crippen LogP contribution < -0.4 is 5.43 Å². The first-order valence-corrected chi connectivity index (χ1v) is 5.67. The van der Waals surface area contributed by atoms with Gasteiger partial charge in [-0.3, -0.25) is 4.79 Å². The van der Waals surface area contributed by atoms with E-state index < -0.39 is 51.7 Å². The number of nitrogens with zero attached hydrogens (tertiary/aromatic N) is 2. The van der Waals surface area contributed by atoms with Crippen LogP contribution in [0.5, 0.6) is 0 Å². The molecule has 112 valence electrons. The molecule has 2 rings (SSSR count). The van der Waals surface area contributed by atoms with E-state index in [-0.39, 0.29) is 0 Å². The smallest absolute Gasteiger partial charge is 0.406 e. The number of halogens is 5. The predicted octanol–water partition coefficient (Wildman–Crippen LogP) is 2.45. The minimum Gasteiger partial charge on any atom is -0.477 e. The number of carboxylic acids is 1. The van der Waals surface area contributed by atoms with Crippen LogP contribution in [0.2, 0.25) is 5.15 Å². The van der Waals surface area contributed by atoms with Crippen LogP contribution in [0.15, 0.2) is 17.1 Å². The molecule has 0 aromatic carbocycles. The van der Waals surface area contributed by atoms with Gasteiger partial charge in [0.15, 0.2) is 11.0 Å². The number of hydrogen-bond donors (Lipinski definition) is 1. The monoisotopic (exact) mass is 324 g/mol. The Morgan fingerprint density at radius 3 is 2.57 bits per heavy atom. The fourth-order valence-corrected chi connectivity index (χ4v) is 1.86. The van der Waals surface area contributed by atoms with E-state index in [1.807, 2.05) is 0 Å². The molecule has 0 radical (unpaired) electrons. The molecule has 0 aliphatic heterocycles. The van der Waals surface area contributed by atoms with E-state index in [9.17, 15) is 27.2 Å². The van der Waals surface area contributed by atoms with Crippen LogP contribution >= 0.6 is 11.6 Å². The summed E-state index contributed by atoms with van der Waals surface area (Å²) in [5, 5.41) is 7.52. The summed E-state index contributed by atoms with van der Waals surface area (Å²) >= 11 is 5.39. The average molecular weight is 325 g/mol. The van der Waals surface area contributed by atoms with Gasteiger partial charge in [-0.15, -0.1) is 0 Å². The van der Waals surface area contributed by atoms with E-state index in [0.29, 0.717) is 16.8 Å². The highest BCUT2D eigenvalue weighted by molar-refractivity contribution is 6.29. The molecule has 0 amide bonds. The largest absolute Gasteiger partial charge is 0.477 e. The molecule has 21 heavy (non-hydrogen) atoms. The van der Waals surface area contributed by atoms with Gasteiger partial charge < -0.3 is 9.67 Å². The minimum atomic E-state index is -4.69. The van der Waals surface area contributed by atoms with Crippen molar-refractivity contribution in [1.82, 2.24) is 9.55 Å². The molecular formula is C11H5ClF4N2O3. The molecule has 10 heteroatoms. The summed E-state index contributed by atoms with van der Waals surface area (Å²) in [6, 6.07) is 0.562. The summed E-state index contributed by atoms with van der Waals surface area (Å²) in [4.78, 5) is 26.1. The zero-order chi connectivity index (χ0) is 15.9. The number of aromatic nitrogens is 2. The number of fused-ring (bicyclic) bond motifs is 1. The Morgan fingerprint density at radius 1 is 1.43 bits per heavy atom. The molecule has 0 aliphatic carbocycles. The summed E-state index contributed by atoms with van der Waals surface area (Å²) < 4.78 is 51.2. The molecule has 0 atom stereocenters. The highest BCUT2D eigenvalue weighted by Gasteiger charge is 2.30. The van der Waals surface area contributed by atoms with E-state index in [4.69, 9.17) is 16.7 Å². The highest BCUT2D eigenvalue weighted by Crippen LogP contribution is 2.22. The molecule has 0 saturated carbocycles. The van der Waals surface area contributed by atoms with E-state index in [1.165, 1.54) is 0 Å². The van der Waals surface area contributed by atoms with Crippen molar-refractivity contribution >= 4 is 28.6 Å². The molecule has 0 aliphatic rings. The van der Waals surface area contributed by atoms with Crippen LogP contribution in [0, 0.1) is 5.82 Å². The molecule has 2 aromatic heterocycles. The van der Waals surface area contributed by atoms with Crippen molar-refractivity contribution in [2.24, 2.45) is 0 Å². The lowest BCUT2D eigenvalue weighted by molar-refractivity contribution is -0.140. The summed E-state index contributed by atoms with van der Waals surface area (Å²) in [5.74, 6) is -2.87. The number of alkyl halides is 3. The zero-order valence-corrected chi connectivity index (χ0v) is 10.7. The Balaban J connectivity index is 2.88. The van der Waals surface area contributed by atoms with E-state index in [1.54, 1.807) is 0 Å². The van der Waals surface area contributed by atoms with Crippen LogP contribution in [0.4, 0.5) is 17.6 Å². The maximum atomic E-state index is 13.3. The van der Waals surface area contributed by atoms with E-state index in [0.717, 1.165) is 0 Å². The number of aromatic carboxylic acids is 1. The van der Waals surface area contributed by atoms with Crippen LogP contribution in [0.1, 0.15) is 10.4 Å². The zero-order valence-electron chi connectivity index (χ0n) is 9.91. The third kappa shape index (κ3) is 2.97. The van der Waals surface area contributed by atoms with Crippen molar-refractivity contribution in [3.63, 3.8) is 0 Å². The van der Waals surface area contributed by atoms with Gasteiger partial charge in [0.05, 0.1) is 5.39 Å². The molecule has 2 aromatic rings. The number of rotatable bonds is 2. The summed E-state index contributed by atoms with van der Waals surface area (Å²) in [7, 11) is 0. The molecule has 0 bridgehead atoms. The minimum absolute atomic E-state index is 0.394. The Labute approximate surface area is 118 Å². The van der Waals surface area contributed by atoms with Crippen molar-refractivity contribution in [1.29, 1.82) is 0 Å². The van der Waals surface area contributed by atoms with Gasteiger partial charge in [0, 0.05) is 6.20 Å². The summed E-state index contributed by atoms with van der Waals surface area (Å²) in [6.45, 7) is -1.60. The first-order chi connectivity index (χ1) is 9.60.